The number of esters is 1. The molecule has 0 heterocycles. The molecule has 4 heteroatoms. The zero-order valence-corrected chi connectivity index (χ0v) is 9.20. The Balaban J connectivity index is 2.43. The standard InChI is InChI=1S/C10H19NO3/c1-6(9(13)14-4)11-7-5-8(12)10(7,2)3/h6-8,11-12H,5H2,1-4H3/t6-,7?,8?/m0/s1. The highest BCUT2D eigenvalue weighted by atomic mass is 16.5. The summed E-state index contributed by atoms with van der Waals surface area (Å²) in [5.74, 6) is -0.262. The Morgan fingerprint density at radius 3 is 2.57 bits per heavy atom. The van der Waals surface area contributed by atoms with Crippen LogP contribution in [0.15, 0.2) is 0 Å². The van der Waals surface area contributed by atoms with Crippen molar-refractivity contribution < 1.29 is 14.6 Å². The summed E-state index contributed by atoms with van der Waals surface area (Å²) in [4.78, 5) is 11.1. The predicted molar refractivity (Wildman–Crippen MR) is 52.8 cm³/mol. The van der Waals surface area contributed by atoms with E-state index in [2.05, 4.69) is 10.1 Å². The lowest BCUT2D eigenvalue weighted by Gasteiger charge is -2.50. The van der Waals surface area contributed by atoms with Gasteiger partial charge in [0.25, 0.3) is 0 Å². The minimum absolute atomic E-state index is 0.151. The van der Waals surface area contributed by atoms with Crippen molar-refractivity contribution in [2.24, 2.45) is 5.41 Å². The number of carbonyl (C=O) groups excluding carboxylic acids is 1. The van der Waals surface area contributed by atoms with E-state index in [4.69, 9.17) is 0 Å². The van der Waals surface area contributed by atoms with Crippen LogP contribution in [0.25, 0.3) is 0 Å². The van der Waals surface area contributed by atoms with Gasteiger partial charge in [-0.1, -0.05) is 13.8 Å². The minimum atomic E-state index is -0.309. The van der Waals surface area contributed by atoms with Crippen molar-refractivity contribution in [1.29, 1.82) is 0 Å². The molecule has 0 aliphatic heterocycles. The first-order valence-corrected chi connectivity index (χ1v) is 4.91. The van der Waals surface area contributed by atoms with Crippen molar-refractivity contribution in [3.05, 3.63) is 0 Å². The first kappa shape index (κ1) is 11.5. The Labute approximate surface area is 84.6 Å². The molecule has 2 N–H and O–H groups in total. The van der Waals surface area contributed by atoms with Gasteiger partial charge in [0.05, 0.1) is 13.2 Å². The molecule has 1 aliphatic carbocycles. The van der Waals surface area contributed by atoms with Crippen molar-refractivity contribution in [1.82, 2.24) is 5.32 Å². The van der Waals surface area contributed by atoms with Crippen molar-refractivity contribution >= 4 is 5.97 Å². The van der Waals surface area contributed by atoms with Gasteiger partial charge < -0.3 is 15.2 Å². The van der Waals surface area contributed by atoms with Crippen LogP contribution in [0.2, 0.25) is 0 Å². The maximum absolute atomic E-state index is 11.1. The van der Waals surface area contributed by atoms with E-state index in [-0.39, 0.29) is 29.6 Å². The summed E-state index contributed by atoms with van der Waals surface area (Å²) in [6.45, 7) is 5.75. The molecule has 0 saturated heterocycles. The molecule has 82 valence electrons. The maximum Gasteiger partial charge on any atom is 0.322 e. The normalized spacial score (nSPS) is 31.8. The first-order chi connectivity index (χ1) is 6.39. The second-order valence-corrected chi connectivity index (χ2v) is 4.54. The quantitative estimate of drug-likeness (QED) is 0.645. The number of aliphatic hydroxyl groups is 1. The summed E-state index contributed by atoms with van der Waals surface area (Å²) in [6, 6.07) is -0.122. The second-order valence-electron chi connectivity index (χ2n) is 4.54. The highest BCUT2D eigenvalue weighted by Crippen LogP contribution is 2.40. The fourth-order valence-electron chi connectivity index (χ4n) is 1.73. The molecule has 1 rings (SSSR count). The lowest BCUT2D eigenvalue weighted by atomic mass is 9.64. The smallest absolute Gasteiger partial charge is 0.322 e. The predicted octanol–water partition coefficient (Wildman–Crippen LogP) is 0.297. The van der Waals surface area contributed by atoms with E-state index >= 15 is 0 Å². The molecule has 1 aliphatic rings. The van der Waals surface area contributed by atoms with Gasteiger partial charge in [-0.25, -0.2) is 0 Å². The third-order valence-electron chi connectivity index (χ3n) is 3.22. The molecule has 0 bridgehead atoms. The van der Waals surface area contributed by atoms with E-state index in [0.717, 1.165) is 0 Å². The number of methoxy groups -OCH3 is 1. The number of hydrogen-bond acceptors (Lipinski definition) is 4. The van der Waals surface area contributed by atoms with Crippen molar-refractivity contribution in [2.75, 3.05) is 7.11 Å². The zero-order chi connectivity index (χ0) is 10.9. The van der Waals surface area contributed by atoms with Gasteiger partial charge in [0.15, 0.2) is 0 Å². The second kappa shape index (κ2) is 3.87. The van der Waals surface area contributed by atoms with E-state index in [1.165, 1.54) is 7.11 Å². The van der Waals surface area contributed by atoms with Gasteiger partial charge in [-0.3, -0.25) is 4.79 Å². The van der Waals surface area contributed by atoms with Gasteiger partial charge >= 0.3 is 5.97 Å². The van der Waals surface area contributed by atoms with Crippen LogP contribution in [0.5, 0.6) is 0 Å². The molecule has 14 heavy (non-hydrogen) atoms. The summed E-state index contributed by atoms with van der Waals surface area (Å²) in [6.07, 6.45) is 0.429. The van der Waals surface area contributed by atoms with Crippen molar-refractivity contribution in [3.8, 4) is 0 Å². The van der Waals surface area contributed by atoms with Gasteiger partial charge in [-0.05, 0) is 13.3 Å². The molecule has 0 radical (unpaired) electrons. The van der Waals surface area contributed by atoms with Gasteiger partial charge in [0, 0.05) is 11.5 Å². The number of rotatable bonds is 3. The number of hydrogen-bond donors (Lipinski definition) is 2. The van der Waals surface area contributed by atoms with Crippen LogP contribution in [-0.2, 0) is 9.53 Å². The molecule has 0 aromatic carbocycles. The largest absolute Gasteiger partial charge is 0.468 e. The molecule has 3 atom stereocenters. The molecule has 1 fully saturated rings. The molecule has 0 aromatic heterocycles. The van der Waals surface area contributed by atoms with Crippen molar-refractivity contribution in [3.63, 3.8) is 0 Å². The number of carbonyl (C=O) groups is 1. The van der Waals surface area contributed by atoms with Gasteiger partial charge in [-0.15, -0.1) is 0 Å². The van der Waals surface area contributed by atoms with Crippen LogP contribution >= 0.6 is 0 Å². The topological polar surface area (TPSA) is 58.6 Å². The van der Waals surface area contributed by atoms with Crippen LogP contribution < -0.4 is 5.32 Å². The lowest BCUT2D eigenvalue weighted by Crippen LogP contribution is -2.62. The summed E-state index contributed by atoms with van der Waals surface area (Å²) < 4.78 is 4.61. The molecule has 2 unspecified atom stereocenters. The fourth-order valence-corrected chi connectivity index (χ4v) is 1.73. The van der Waals surface area contributed by atoms with Crippen LogP contribution in [0, 0.1) is 5.41 Å². The average Bonchev–Trinajstić information content (AvgIpc) is 2.16. The van der Waals surface area contributed by atoms with Crippen molar-refractivity contribution in [2.45, 2.75) is 45.4 Å². The number of ether oxygens (including phenoxy) is 1. The molecular weight excluding hydrogens is 182 g/mol. The van der Waals surface area contributed by atoms with Crippen LogP contribution in [0.3, 0.4) is 0 Å². The Bertz CT molecular complexity index is 227. The Morgan fingerprint density at radius 1 is 1.64 bits per heavy atom. The summed E-state index contributed by atoms with van der Waals surface area (Å²) in [5, 5.41) is 12.7. The molecule has 4 nitrogen and oxygen atoms in total. The van der Waals surface area contributed by atoms with Crippen LogP contribution in [0.4, 0.5) is 0 Å². The zero-order valence-electron chi connectivity index (χ0n) is 9.20. The van der Waals surface area contributed by atoms with E-state index < -0.39 is 0 Å². The molecule has 0 spiro atoms. The summed E-state index contributed by atoms with van der Waals surface area (Å²) in [7, 11) is 1.38. The monoisotopic (exact) mass is 201 g/mol. The molecular formula is C10H19NO3. The maximum atomic E-state index is 11.1. The van der Waals surface area contributed by atoms with E-state index in [1.54, 1.807) is 6.92 Å². The third-order valence-corrected chi connectivity index (χ3v) is 3.22. The number of nitrogens with one attached hydrogen (secondary N) is 1. The Kier molecular flexibility index (Phi) is 3.17. The first-order valence-electron chi connectivity index (χ1n) is 4.91. The lowest BCUT2D eigenvalue weighted by molar-refractivity contribution is -0.145. The van der Waals surface area contributed by atoms with E-state index in [1.807, 2.05) is 13.8 Å². The van der Waals surface area contributed by atoms with Crippen LogP contribution in [0.1, 0.15) is 27.2 Å². The van der Waals surface area contributed by atoms with Gasteiger partial charge in [0.1, 0.15) is 6.04 Å². The van der Waals surface area contributed by atoms with E-state index in [9.17, 15) is 9.90 Å². The fraction of sp³-hybridized carbons (Fsp3) is 0.900. The Hall–Kier alpha value is -0.610. The highest BCUT2D eigenvalue weighted by Gasteiger charge is 2.47. The van der Waals surface area contributed by atoms with Crippen LogP contribution in [-0.4, -0.2) is 36.4 Å². The SMILES string of the molecule is COC(=O)[C@H](C)NC1CC(O)C1(C)C. The minimum Gasteiger partial charge on any atom is -0.468 e. The molecule has 0 aromatic rings. The molecule has 1 saturated carbocycles. The van der Waals surface area contributed by atoms with Gasteiger partial charge in [0.2, 0.25) is 0 Å². The number of aliphatic hydroxyl groups excluding tert-OH is 1. The average molecular weight is 201 g/mol. The highest BCUT2D eigenvalue weighted by molar-refractivity contribution is 5.75. The summed E-state index contributed by atoms with van der Waals surface area (Å²) >= 11 is 0. The van der Waals surface area contributed by atoms with Gasteiger partial charge in [-0.2, -0.15) is 0 Å². The van der Waals surface area contributed by atoms with E-state index in [0.29, 0.717) is 6.42 Å². The summed E-state index contributed by atoms with van der Waals surface area (Å²) in [5.41, 5.74) is -0.151. The Morgan fingerprint density at radius 2 is 2.21 bits per heavy atom. The molecule has 0 amide bonds. The third kappa shape index (κ3) is 1.91.